The van der Waals surface area contributed by atoms with E-state index < -0.39 is 0 Å². The minimum atomic E-state index is -0.352. The SMILES string of the molecule is N#Cc1cc2c3c(ccc2[nH]c1=O)SC(NCc1ccccc1)N3. The Morgan fingerprint density at radius 3 is 2.83 bits per heavy atom. The third kappa shape index (κ3) is 2.64. The molecule has 0 radical (unpaired) electrons. The summed E-state index contributed by atoms with van der Waals surface area (Å²) >= 11 is 1.69. The van der Waals surface area contributed by atoms with Crippen LogP contribution in [0, 0.1) is 11.3 Å². The number of hydrogen-bond acceptors (Lipinski definition) is 5. The van der Waals surface area contributed by atoms with Crippen LogP contribution in [0.1, 0.15) is 11.1 Å². The summed E-state index contributed by atoms with van der Waals surface area (Å²) in [7, 11) is 0. The summed E-state index contributed by atoms with van der Waals surface area (Å²) in [5.74, 6) is 0. The quantitative estimate of drug-likeness (QED) is 0.686. The lowest BCUT2D eigenvalue weighted by atomic mass is 10.1. The molecule has 4 rings (SSSR count). The predicted molar refractivity (Wildman–Crippen MR) is 95.8 cm³/mol. The molecule has 0 bridgehead atoms. The largest absolute Gasteiger partial charge is 0.360 e. The first-order valence-electron chi connectivity index (χ1n) is 7.55. The molecule has 0 saturated carbocycles. The third-order valence-electron chi connectivity index (χ3n) is 3.96. The zero-order chi connectivity index (χ0) is 16.5. The molecular formula is C18H14N4OS. The van der Waals surface area contributed by atoms with Crippen molar-refractivity contribution >= 4 is 28.4 Å². The number of hydrogen-bond donors (Lipinski definition) is 3. The fraction of sp³-hybridized carbons (Fsp3) is 0.111. The smallest absolute Gasteiger partial charge is 0.266 e. The van der Waals surface area contributed by atoms with Gasteiger partial charge in [-0.05, 0) is 23.8 Å². The molecule has 0 fully saturated rings. The number of thioether (sulfide) groups is 1. The van der Waals surface area contributed by atoms with Crippen molar-refractivity contribution in [1.29, 1.82) is 5.26 Å². The molecule has 6 heteroatoms. The second-order valence-electron chi connectivity index (χ2n) is 5.53. The maximum Gasteiger partial charge on any atom is 0.266 e. The van der Waals surface area contributed by atoms with Crippen LogP contribution < -0.4 is 16.2 Å². The molecule has 0 saturated heterocycles. The average molecular weight is 334 g/mol. The number of fused-ring (bicyclic) bond motifs is 3. The van der Waals surface area contributed by atoms with Crippen LogP contribution in [0.25, 0.3) is 10.9 Å². The van der Waals surface area contributed by atoms with E-state index in [1.54, 1.807) is 17.8 Å². The van der Waals surface area contributed by atoms with Crippen molar-refractivity contribution in [2.45, 2.75) is 16.9 Å². The van der Waals surface area contributed by atoms with Gasteiger partial charge in [0.25, 0.3) is 5.56 Å². The van der Waals surface area contributed by atoms with Gasteiger partial charge < -0.3 is 10.3 Å². The molecule has 3 N–H and O–H groups in total. The lowest BCUT2D eigenvalue weighted by molar-refractivity contribution is 0.702. The zero-order valence-electron chi connectivity index (χ0n) is 12.7. The first kappa shape index (κ1) is 14.8. The fourth-order valence-corrected chi connectivity index (χ4v) is 3.81. The van der Waals surface area contributed by atoms with E-state index in [-0.39, 0.29) is 16.6 Å². The predicted octanol–water partition coefficient (Wildman–Crippen LogP) is 2.99. The molecule has 0 amide bonds. The van der Waals surface area contributed by atoms with E-state index in [0.717, 1.165) is 28.0 Å². The van der Waals surface area contributed by atoms with Gasteiger partial charge in [-0.2, -0.15) is 5.26 Å². The fourth-order valence-electron chi connectivity index (χ4n) is 2.77. The van der Waals surface area contributed by atoms with Gasteiger partial charge in [0.2, 0.25) is 0 Å². The summed E-state index contributed by atoms with van der Waals surface area (Å²) in [5, 5.41) is 16.8. The highest BCUT2D eigenvalue weighted by molar-refractivity contribution is 8.00. The second kappa shape index (κ2) is 6.04. The summed E-state index contributed by atoms with van der Waals surface area (Å²) < 4.78 is 0. The molecule has 24 heavy (non-hydrogen) atoms. The standard InChI is InChI=1S/C18H14N4OS/c19-9-12-8-13-14(21-17(12)23)6-7-15-16(13)22-18(24-15)20-10-11-4-2-1-3-5-11/h1-8,18,20,22H,10H2,(H,21,23). The van der Waals surface area contributed by atoms with Crippen LogP contribution in [0.3, 0.4) is 0 Å². The van der Waals surface area contributed by atoms with E-state index in [4.69, 9.17) is 5.26 Å². The Hall–Kier alpha value is -2.75. The van der Waals surface area contributed by atoms with Gasteiger partial charge in [0.15, 0.2) is 0 Å². The minimum Gasteiger partial charge on any atom is -0.360 e. The van der Waals surface area contributed by atoms with Gasteiger partial charge in [0.1, 0.15) is 17.1 Å². The third-order valence-corrected chi connectivity index (χ3v) is 5.08. The van der Waals surface area contributed by atoms with Crippen LogP contribution in [0.5, 0.6) is 0 Å². The van der Waals surface area contributed by atoms with E-state index in [1.807, 2.05) is 36.4 Å². The summed E-state index contributed by atoms with van der Waals surface area (Å²) in [6.07, 6.45) is 0. The van der Waals surface area contributed by atoms with Crippen LogP contribution in [0.2, 0.25) is 0 Å². The Bertz CT molecular complexity index is 1010. The molecule has 0 aliphatic carbocycles. The maximum absolute atomic E-state index is 11.8. The number of nitrogens with one attached hydrogen (secondary N) is 3. The maximum atomic E-state index is 11.8. The number of rotatable bonds is 3. The summed E-state index contributed by atoms with van der Waals surface area (Å²) in [5.41, 5.74) is 2.73. The van der Waals surface area contributed by atoms with Crippen LogP contribution in [-0.2, 0) is 6.54 Å². The van der Waals surface area contributed by atoms with E-state index in [9.17, 15) is 4.79 Å². The van der Waals surface area contributed by atoms with Gasteiger partial charge in [-0.1, -0.05) is 42.1 Å². The van der Waals surface area contributed by atoms with E-state index >= 15 is 0 Å². The summed E-state index contributed by atoms with van der Waals surface area (Å²) in [6, 6.07) is 17.7. The minimum absolute atomic E-state index is 0.0447. The lowest BCUT2D eigenvalue weighted by Gasteiger charge is -2.13. The van der Waals surface area contributed by atoms with Crippen LogP contribution >= 0.6 is 11.8 Å². The van der Waals surface area contributed by atoms with Gasteiger partial charge in [0.05, 0.1) is 11.2 Å². The molecule has 0 spiro atoms. The number of aromatic nitrogens is 1. The Balaban J connectivity index is 1.61. The molecule has 1 aliphatic heterocycles. The van der Waals surface area contributed by atoms with Crippen LogP contribution in [-0.4, -0.2) is 10.5 Å². The normalized spacial score (nSPS) is 15.7. The van der Waals surface area contributed by atoms with E-state index in [0.29, 0.717) is 0 Å². The highest BCUT2D eigenvalue weighted by Gasteiger charge is 2.23. The Morgan fingerprint density at radius 1 is 1.21 bits per heavy atom. The van der Waals surface area contributed by atoms with Crippen LogP contribution in [0.4, 0.5) is 5.69 Å². The molecule has 1 aliphatic rings. The van der Waals surface area contributed by atoms with Crippen molar-refractivity contribution in [3.63, 3.8) is 0 Å². The van der Waals surface area contributed by atoms with Gasteiger partial charge in [-0.3, -0.25) is 10.1 Å². The number of pyridine rings is 1. The number of H-pyrrole nitrogens is 1. The van der Waals surface area contributed by atoms with Crippen molar-refractivity contribution in [3.05, 3.63) is 70.0 Å². The highest BCUT2D eigenvalue weighted by atomic mass is 32.2. The van der Waals surface area contributed by atoms with Gasteiger partial charge in [-0.15, -0.1) is 0 Å². The molecule has 118 valence electrons. The highest BCUT2D eigenvalue weighted by Crippen LogP contribution is 2.41. The van der Waals surface area contributed by atoms with Crippen molar-refractivity contribution in [1.82, 2.24) is 10.3 Å². The number of benzene rings is 2. The Kier molecular flexibility index (Phi) is 3.73. The van der Waals surface area contributed by atoms with Gasteiger partial charge >= 0.3 is 0 Å². The van der Waals surface area contributed by atoms with Gasteiger partial charge in [-0.25, -0.2) is 0 Å². The average Bonchev–Trinajstić information content (AvgIpc) is 3.03. The zero-order valence-corrected chi connectivity index (χ0v) is 13.5. The first-order valence-corrected chi connectivity index (χ1v) is 8.43. The lowest BCUT2D eigenvalue weighted by Crippen LogP contribution is -2.29. The molecule has 1 aromatic heterocycles. The van der Waals surface area contributed by atoms with Crippen molar-refractivity contribution in [2.75, 3.05) is 5.32 Å². The molecule has 3 aromatic rings. The summed E-state index contributed by atoms with van der Waals surface area (Å²) in [4.78, 5) is 15.6. The van der Waals surface area contributed by atoms with Gasteiger partial charge in [0, 0.05) is 16.8 Å². The monoisotopic (exact) mass is 334 g/mol. The second-order valence-corrected chi connectivity index (χ2v) is 6.68. The molecule has 2 heterocycles. The molecule has 5 nitrogen and oxygen atoms in total. The number of nitrogens with zero attached hydrogens (tertiary/aromatic N) is 1. The number of aromatic amines is 1. The molecule has 1 unspecified atom stereocenters. The van der Waals surface area contributed by atoms with Crippen molar-refractivity contribution in [2.24, 2.45) is 0 Å². The van der Waals surface area contributed by atoms with Crippen molar-refractivity contribution in [3.8, 4) is 6.07 Å². The number of nitriles is 1. The van der Waals surface area contributed by atoms with Crippen molar-refractivity contribution < 1.29 is 0 Å². The topological polar surface area (TPSA) is 80.7 Å². The molecule has 2 aromatic carbocycles. The summed E-state index contributed by atoms with van der Waals surface area (Å²) in [6.45, 7) is 0.762. The van der Waals surface area contributed by atoms with Crippen LogP contribution in [0.15, 0.2) is 58.2 Å². The molecule has 1 atom stereocenters. The van der Waals surface area contributed by atoms with E-state index in [2.05, 4.69) is 27.8 Å². The number of anilines is 1. The Morgan fingerprint density at radius 2 is 2.04 bits per heavy atom. The molecular weight excluding hydrogens is 320 g/mol. The first-order chi connectivity index (χ1) is 11.7. The van der Waals surface area contributed by atoms with E-state index in [1.165, 1.54) is 5.56 Å². The Labute approximate surface area is 142 Å².